The van der Waals surface area contributed by atoms with Crippen LogP contribution in [0.5, 0.6) is 11.5 Å². The minimum atomic E-state index is -3.65. The van der Waals surface area contributed by atoms with Crippen molar-refractivity contribution in [2.45, 2.75) is 26.7 Å². The fourth-order valence-corrected chi connectivity index (χ4v) is 3.61. The molecule has 1 N–H and O–H groups in total. The first-order valence-corrected chi connectivity index (χ1v) is 9.70. The van der Waals surface area contributed by atoms with Crippen molar-refractivity contribution >= 4 is 26.8 Å². The van der Waals surface area contributed by atoms with Crippen LogP contribution in [0.15, 0.2) is 30.3 Å². The van der Waals surface area contributed by atoms with Gasteiger partial charge in [-0.05, 0) is 41.8 Å². The maximum Gasteiger partial charge on any atom is 0.309 e. The summed E-state index contributed by atoms with van der Waals surface area (Å²) in [6.45, 7) is 3.61. The molecule has 0 aromatic heterocycles. The number of amides is 1. The lowest BCUT2D eigenvalue weighted by Gasteiger charge is -2.15. The normalized spacial score (nSPS) is 11.3. The van der Waals surface area contributed by atoms with E-state index in [-0.39, 0.29) is 11.7 Å². The molecule has 0 aliphatic rings. The number of ether oxygens (including phenoxy) is 1. The third-order valence-electron chi connectivity index (χ3n) is 3.72. The molecule has 0 spiro atoms. The summed E-state index contributed by atoms with van der Waals surface area (Å²) in [5.74, 6) is 0.772. The molecule has 2 rings (SSSR count). The smallest absolute Gasteiger partial charge is 0.309 e. The standard InChI is InChI=1S/C18H23NO5S/c1-4-11-25(21,22)24-18-8-6-14-5-7-15(23-3)12-17(14)16(18)9-10-19-13(2)20/h5-8,12H,4,9-11H2,1-3H3,(H,19,20). The molecule has 25 heavy (non-hydrogen) atoms. The molecule has 0 aliphatic carbocycles. The van der Waals surface area contributed by atoms with Crippen LogP contribution in [0.1, 0.15) is 25.8 Å². The highest BCUT2D eigenvalue weighted by Crippen LogP contribution is 2.32. The summed E-state index contributed by atoms with van der Waals surface area (Å²) < 4.78 is 34.8. The number of carbonyl (C=O) groups excluding carboxylic acids is 1. The highest BCUT2D eigenvalue weighted by molar-refractivity contribution is 7.87. The van der Waals surface area contributed by atoms with Crippen molar-refractivity contribution in [1.82, 2.24) is 5.32 Å². The van der Waals surface area contributed by atoms with Crippen molar-refractivity contribution < 1.29 is 22.1 Å². The first-order chi connectivity index (χ1) is 11.9. The van der Waals surface area contributed by atoms with Crippen LogP contribution in [0, 0.1) is 0 Å². The summed E-state index contributed by atoms with van der Waals surface area (Å²) in [5.41, 5.74) is 0.727. The van der Waals surface area contributed by atoms with Crippen molar-refractivity contribution in [3.05, 3.63) is 35.9 Å². The second kappa shape index (κ2) is 8.20. The number of methoxy groups -OCH3 is 1. The Balaban J connectivity index is 2.49. The molecule has 2 aromatic carbocycles. The van der Waals surface area contributed by atoms with Crippen LogP contribution in [-0.2, 0) is 21.3 Å². The first kappa shape index (κ1) is 19.1. The molecule has 0 fully saturated rings. The van der Waals surface area contributed by atoms with Gasteiger partial charge in [-0.15, -0.1) is 0 Å². The monoisotopic (exact) mass is 365 g/mol. The molecule has 1 amide bonds. The highest BCUT2D eigenvalue weighted by atomic mass is 32.2. The fraction of sp³-hybridized carbons (Fsp3) is 0.389. The number of rotatable bonds is 8. The van der Waals surface area contributed by atoms with E-state index in [0.717, 1.165) is 16.3 Å². The second-order valence-corrected chi connectivity index (χ2v) is 7.40. The van der Waals surface area contributed by atoms with Crippen molar-refractivity contribution in [2.75, 3.05) is 19.4 Å². The Hall–Kier alpha value is -2.28. The van der Waals surface area contributed by atoms with Crippen molar-refractivity contribution in [2.24, 2.45) is 0 Å². The molecule has 0 atom stereocenters. The Morgan fingerprint density at radius 3 is 2.56 bits per heavy atom. The van der Waals surface area contributed by atoms with Gasteiger partial charge in [0.2, 0.25) is 5.91 Å². The Morgan fingerprint density at radius 2 is 1.92 bits per heavy atom. The van der Waals surface area contributed by atoms with E-state index in [0.29, 0.717) is 30.9 Å². The van der Waals surface area contributed by atoms with Gasteiger partial charge in [0.1, 0.15) is 11.5 Å². The van der Waals surface area contributed by atoms with E-state index in [1.807, 2.05) is 24.3 Å². The van der Waals surface area contributed by atoms with Gasteiger partial charge in [0.15, 0.2) is 0 Å². The third kappa shape index (κ3) is 5.09. The van der Waals surface area contributed by atoms with Crippen molar-refractivity contribution in [3.63, 3.8) is 0 Å². The summed E-state index contributed by atoms with van der Waals surface area (Å²) in [7, 11) is -2.08. The number of hydrogen-bond acceptors (Lipinski definition) is 5. The van der Waals surface area contributed by atoms with Crippen LogP contribution in [0.3, 0.4) is 0 Å². The predicted molar refractivity (Wildman–Crippen MR) is 97.6 cm³/mol. The number of carbonyl (C=O) groups is 1. The summed E-state index contributed by atoms with van der Waals surface area (Å²) in [6, 6.07) is 9.06. The van der Waals surface area contributed by atoms with Crippen molar-refractivity contribution in [3.8, 4) is 11.5 Å². The van der Waals surface area contributed by atoms with E-state index in [1.54, 1.807) is 20.1 Å². The first-order valence-electron chi connectivity index (χ1n) is 8.12. The molecule has 0 aliphatic heterocycles. The molecule has 7 heteroatoms. The Kier molecular flexibility index (Phi) is 6.25. The largest absolute Gasteiger partial charge is 0.497 e. The third-order valence-corrected chi connectivity index (χ3v) is 5.06. The average molecular weight is 365 g/mol. The molecule has 0 saturated heterocycles. The zero-order chi connectivity index (χ0) is 18.4. The average Bonchev–Trinajstić information content (AvgIpc) is 2.55. The van der Waals surface area contributed by atoms with Crippen LogP contribution >= 0.6 is 0 Å². The number of hydrogen-bond donors (Lipinski definition) is 1. The molecule has 0 heterocycles. The maximum absolute atomic E-state index is 12.1. The molecule has 0 bridgehead atoms. The summed E-state index contributed by atoms with van der Waals surface area (Å²) in [5, 5.41) is 4.51. The lowest BCUT2D eigenvalue weighted by Crippen LogP contribution is -2.23. The highest BCUT2D eigenvalue weighted by Gasteiger charge is 2.17. The van der Waals surface area contributed by atoms with Gasteiger partial charge in [0.25, 0.3) is 0 Å². The number of benzene rings is 2. The van der Waals surface area contributed by atoms with Crippen LogP contribution < -0.4 is 14.2 Å². The van der Waals surface area contributed by atoms with E-state index in [9.17, 15) is 13.2 Å². The Labute approximate surface area is 148 Å². The van der Waals surface area contributed by atoms with Gasteiger partial charge >= 0.3 is 10.1 Å². The van der Waals surface area contributed by atoms with E-state index in [1.165, 1.54) is 6.92 Å². The van der Waals surface area contributed by atoms with Gasteiger partial charge < -0.3 is 14.2 Å². The minimum absolute atomic E-state index is 0.0473. The molecular weight excluding hydrogens is 342 g/mol. The van der Waals surface area contributed by atoms with E-state index >= 15 is 0 Å². The minimum Gasteiger partial charge on any atom is -0.497 e. The Morgan fingerprint density at radius 1 is 1.20 bits per heavy atom. The van der Waals surface area contributed by atoms with Gasteiger partial charge in [-0.25, -0.2) is 0 Å². The molecule has 0 radical (unpaired) electrons. The van der Waals surface area contributed by atoms with E-state index < -0.39 is 10.1 Å². The number of nitrogens with one attached hydrogen (secondary N) is 1. The van der Waals surface area contributed by atoms with Crippen LogP contribution in [0.25, 0.3) is 10.8 Å². The molecule has 0 unspecified atom stereocenters. The van der Waals surface area contributed by atoms with Crippen LogP contribution in [0.2, 0.25) is 0 Å². The maximum atomic E-state index is 12.1. The zero-order valence-corrected chi connectivity index (χ0v) is 15.5. The van der Waals surface area contributed by atoms with Gasteiger partial charge in [0.05, 0.1) is 12.9 Å². The molecule has 136 valence electrons. The zero-order valence-electron chi connectivity index (χ0n) is 14.7. The molecule has 2 aromatic rings. The summed E-state index contributed by atoms with van der Waals surface area (Å²) in [6.07, 6.45) is 0.923. The molecule has 6 nitrogen and oxygen atoms in total. The van der Waals surface area contributed by atoms with E-state index in [4.69, 9.17) is 8.92 Å². The molecular formula is C18H23NO5S. The SMILES string of the molecule is CCCS(=O)(=O)Oc1ccc2ccc(OC)cc2c1CCNC(C)=O. The van der Waals surface area contributed by atoms with Crippen molar-refractivity contribution in [1.29, 1.82) is 0 Å². The quantitative estimate of drug-likeness (QED) is 0.727. The van der Waals surface area contributed by atoms with Crippen LogP contribution in [-0.4, -0.2) is 33.7 Å². The van der Waals surface area contributed by atoms with Crippen LogP contribution in [0.4, 0.5) is 0 Å². The lowest BCUT2D eigenvalue weighted by molar-refractivity contribution is -0.118. The fourth-order valence-electron chi connectivity index (χ4n) is 2.60. The summed E-state index contributed by atoms with van der Waals surface area (Å²) in [4.78, 5) is 11.1. The van der Waals surface area contributed by atoms with Gasteiger partial charge in [-0.1, -0.05) is 19.1 Å². The predicted octanol–water partition coefficient (Wildman–Crippen LogP) is 2.65. The molecule has 0 saturated carbocycles. The van der Waals surface area contributed by atoms with E-state index in [2.05, 4.69) is 5.32 Å². The number of fused-ring (bicyclic) bond motifs is 1. The lowest BCUT2D eigenvalue weighted by atomic mass is 10.0. The Bertz CT molecular complexity index is 861. The van der Waals surface area contributed by atoms with Gasteiger partial charge in [-0.3, -0.25) is 4.79 Å². The van der Waals surface area contributed by atoms with Gasteiger partial charge in [0, 0.05) is 19.0 Å². The van der Waals surface area contributed by atoms with Gasteiger partial charge in [-0.2, -0.15) is 8.42 Å². The summed E-state index contributed by atoms with van der Waals surface area (Å²) >= 11 is 0. The second-order valence-electron chi connectivity index (χ2n) is 5.71. The topological polar surface area (TPSA) is 81.7 Å².